The van der Waals surface area contributed by atoms with Crippen molar-refractivity contribution in [3.63, 3.8) is 0 Å². The summed E-state index contributed by atoms with van der Waals surface area (Å²) in [4.78, 5) is 12.0. The molecule has 0 spiro atoms. The Bertz CT molecular complexity index is 400. The molecule has 110 valence electrons. The zero-order chi connectivity index (χ0) is 13.7. The minimum absolute atomic E-state index is 0.0125. The molecule has 2 aliphatic rings. The summed E-state index contributed by atoms with van der Waals surface area (Å²) in [5.41, 5.74) is 0. The van der Waals surface area contributed by atoms with Crippen molar-refractivity contribution < 1.29 is 13.2 Å². The van der Waals surface area contributed by atoms with Gasteiger partial charge in [-0.05, 0) is 12.8 Å². The molecule has 1 aliphatic heterocycles. The van der Waals surface area contributed by atoms with E-state index < -0.39 is 9.84 Å². The van der Waals surface area contributed by atoms with Crippen LogP contribution in [0.5, 0.6) is 0 Å². The molecule has 19 heavy (non-hydrogen) atoms. The van der Waals surface area contributed by atoms with Crippen molar-refractivity contribution in [1.82, 2.24) is 10.6 Å². The first kappa shape index (κ1) is 14.8. The Morgan fingerprint density at radius 1 is 1.16 bits per heavy atom. The SMILES string of the molecule is O=C(CC1CS(=O)(=O)CCN1)NC1CCCCCC1. The van der Waals surface area contributed by atoms with Gasteiger partial charge in [-0.25, -0.2) is 8.42 Å². The average molecular weight is 288 g/mol. The third kappa shape index (κ3) is 5.10. The van der Waals surface area contributed by atoms with E-state index in [1.165, 1.54) is 25.7 Å². The van der Waals surface area contributed by atoms with Crippen LogP contribution in [0.1, 0.15) is 44.9 Å². The summed E-state index contributed by atoms with van der Waals surface area (Å²) in [6.07, 6.45) is 7.27. The van der Waals surface area contributed by atoms with Gasteiger partial charge in [0.2, 0.25) is 5.91 Å². The minimum Gasteiger partial charge on any atom is -0.353 e. The number of hydrogen-bond acceptors (Lipinski definition) is 4. The molecule has 1 saturated carbocycles. The van der Waals surface area contributed by atoms with Crippen molar-refractivity contribution >= 4 is 15.7 Å². The molecule has 0 aromatic heterocycles. The topological polar surface area (TPSA) is 75.3 Å². The molecule has 2 fully saturated rings. The number of amides is 1. The zero-order valence-corrected chi connectivity index (χ0v) is 12.2. The lowest BCUT2D eigenvalue weighted by Gasteiger charge is -2.24. The Kier molecular flexibility index (Phi) is 5.21. The maximum Gasteiger partial charge on any atom is 0.221 e. The van der Waals surface area contributed by atoms with Crippen LogP contribution in [0.4, 0.5) is 0 Å². The van der Waals surface area contributed by atoms with Crippen LogP contribution in [0.25, 0.3) is 0 Å². The molecule has 6 heteroatoms. The molecule has 2 N–H and O–H groups in total. The van der Waals surface area contributed by atoms with E-state index in [0.717, 1.165) is 12.8 Å². The van der Waals surface area contributed by atoms with Crippen LogP contribution < -0.4 is 10.6 Å². The summed E-state index contributed by atoms with van der Waals surface area (Å²) in [6.45, 7) is 0.462. The summed E-state index contributed by atoms with van der Waals surface area (Å²) in [5.74, 6) is 0.264. The molecule has 5 nitrogen and oxygen atoms in total. The Morgan fingerprint density at radius 2 is 1.84 bits per heavy atom. The van der Waals surface area contributed by atoms with E-state index in [1.54, 1.807) is 0 Å². The number of carbonyl (C=O) groups is 1. The van der Waals surface area contributed by atoms with Gasteiger partial charge in [0.1, 0.15) is 0 Å². The predicted molar refractivity (Wildman–Crippen MR) is 74.7 cm³/mol. The van der Waals surface area contributed by atoms with Crippen LogP contribution in [0.3, 0.4) is 0 Å². The summed E-state index contributed by atoms with van der Waals surface area (Å²) in [5, 5.41) is 6.17. The van der Waals surface area contributed by atoms with Gasteiger partial charge in [-0.3, -0.25) is 4.79 Å². The summed E-state index contributed by atoms with van der Waals surface area (Å²) in [6, 6.07) is 0.0692. The molecule has 1 amide bonds. The van der Waals surface area contributed by atoms with Crippen LogP contribution in [0, 0.1) is 0 Å². The fourth-order valence-corrected chi connectivity index (χ4v) is 4.38. The summed E-state index contributed by atoms with van der Waals surface area (Å²) in [7, 11) is -2.96. The maximum absolute atomic E-state index is 12.0. The first-order valence-corrected chi connectivity index (χ1v) is 9.10. The van der Waals surface area contributed by atoms with Crippen LogP contribution in [-0.4, -0.2) is 44.5 Å². The number of carbonyl (C=O) groups excluding carboxylic acids is 1. The Hall–Kier alpha value is -0.620. The van der Waals surface area contributed by atoms with Gasteiger partial charge in [0, 0.05) is 25.0 Å². The predicted octanol–water partition coefficient (Wildman–Crippen LogP) is 0.602. The van der Waals surface area contributed by atoms with Crippen molar-refractivity contribution in [1.29, 1.82) is 0 Å². The zero-order valence-electron chi connectivity index (χ0n) is 11.4. The maximum atomic E-state index is 12.0. The van der Waals surface area contributed by atoms with Crippen molar-refractivity contribution in [2.75, 3.05) is 18.1 Å². The van der Waals surface area contributed by atoms with Gasteiger partial charge in [0.25, 0.3) is 0 Å². The highest BCUT2D eigenvalue weighted by molar-refractivity contribution is 7.91. The second kappa shape index (κ2) is 6.70. The van der Waals surface area contributed by atoms with Crippen LogP contribution in [0.15, 0.2) is 0 Å². The molecule has 0 aromatic rings. The van der Waals surface area contributed by atoms with E-state index in [-0.39, 0.29) is 35.9 Å². The number of sulfone groups is 1. The van der Waals surface area contributed by atoms with E-state index in [9.17, 15) is 13.2 Å². The van der Waals surface area contributed by atoms with E-state index in [1.807, 2.05) is 0 Å². The van der Waals surface area contributed by atoms with Crippen molar-refractivity contribution in [3.05, 3.63) is 0 Å². The van der Waals surface area contributed by atoms with Gasteiger partial charge < -0.3 is 10.6 Å². The van der Waals surface area contributed by atoms with E-state index in [2.05, 4.69) is 10.6 Å². The molecule has 1 unspecified atom stereocenters. The first-order chi connectivity index (χ1) is 9.05. The molecule has 1 heterocycles. The lowest BCUT2D eigenvalue weighted by atomic mass is 10.1. The minimum atomic E-state index is -2.96. The largest absolute Gasteiger partial charge is 0.353 e. The molecular formula is C13H24N2O3S. The smallest absolute Gasteiger partial charge is 0.221 e. The van der Waals surface area contributed by atoms with E-state index in [0.29, 0.717) is 6.54 Å². The van der Waals surface area contributed by atoms with Crippen molar-refractivity contribution in [2.24, 2.45) is 0 Å². The normalized spacial score (nSPS) is 28.5. The van der Waals surface area contributed by atoms with Crippen LogP contribution in [0.2, 0.25) is 0 Å². The highest BCUT2D eigenvalue weighted by atomic mass is 32.2. The van der Waals surface area contributed by atoms with Gasteiger partial charge in [-0.15, -0.1) is 0 Å². The Morgan fingerprint density at radius 3 is 2.47 bits per heavy atom. The second-order valence-corrected chi connectivity index (χ2v) is 7.95. The summed E-state index contributed by atoms with van der Waals surface area (Å²) >= 11 is 0. The quantitative estimate of drug-likeness (QED) is 0.746. The highest BCUT2D eigenvalue weighted by Gasteiger charge is 2.26. The second-order valence-electron chi connectivity index (χ2n) is 5.73. The number of rotatable bonds is 3. The molecule has 1 saturated heterocycles. The standard InChI is InChI=1S/C13H24N2O3S/c16-13(15-11-5-3-1-2-4-6-11)9-12-10-19(17,18)8-7-14-12/h11-12,14H,1-10H2,(H,15,16). The van der Waals surface area contributed by atoms with Crippen LogP contribution in [-0.2, 0) is 14.6 Å². The highest BCUT2D eigenvalue weighted by Crippen LogP contribution is 2.17. The fraction of sp³-hybridized carbons (Fsp3) is 0.923. The molecule has 2 rings (SSSR count). The lowest BCUT2D eigenvalue weighted by molar-refractivity contribution is -0.122. The molecule has 1 aliphatic carbocycles. The Labute approximate surface area is 115 Å². The van der Waals surface area contributed by atoms with Gasteiger partial charge in [-0.2, -0.15) is 0 Å². The number of nitrogens with one attached hydrogen (secondary N) is 2. The molecular weight excluding hydrogens is 264 g/mol. The summed E-state index contributed by atoms with van der Waals surface area (Å²) < 4.78 is 23.0. The van der Waals surface area contributed by atoms with Gasteiger partial charge >= 0.3 is 0 Å². The molecule has 0 bridgehead atoms. The Balaban J connectivity index is 1.77. The van der Waals surface area contributed by atoms with E-state index in [4.69, 9.17) is 0 Å². The monoisotopic (exact) mass is 288 g/mol. The van der Waals surface area contributed by atoms with Crippen molar-refractivity contribution in [2.45, 2.75) is 57.0 Å². The average Bonchev–Trinajstić information content (AvgIpc) is 2.56. The van der Waals surface area contributed by atoms with E-state index >= 15 is 0 Å². The molecule has 1 atom stereocenters. The fourth-order valence-electron chi connectivity index (χ4n) is 2.93. The molecule has 0 radical (unpaired) electrons. The lowest BCUT2D eigenvalue weighted by Crippen LogP contribution is -2.48. The molecule has 0 aromatic carbocycles. The number of hydrogen-bond donors (Lipinski definition) is 2. The van der Waals surface area contributed by atoms with Gasteiger partial charge in [0.15, 0.2) is 9.84 Å². The first-order valence-electron chi connectivity index (χ1n) is 7.28. The van der Waals surface area contributed by atoms with Crippen molar-refractivity contribution in [3.8, 4) is 0 Å². The third-order valence-electron chi connectivity index (χ3n) is 3.95. The van der Waals surface area contributed by atoms with Gasteiger partial charge in [-0.1, -0.05) is 25.7 Å². The van der Waals surface area contributed by atoms with Gasteiger partial charge in [0.05, 0.1) is 11.5 Å². The third-order valence-corrected chi connectivity index (χ3v) is 5.69. The van der Waals surface area contributed by atoms with Crippen LogP contribution >= 0.6 is 0 Å².